The molecule has 4 rings (SSSR count). The highest BCUT2D eigenvalue weighted by Gasteiger charge is 2.05. The van der Waals surface area contributed by atoms with Gasteiger partial charge < -0.3 is 4.57 Å². The Hall–Kier alpha value is -3.21. The molecule has 2 aromatic heterocycles. The third kappa shape index (κ3) is 2.64. The molecule has 2 heterocycles. The number of imidazole rings is 1. The Morgan fingerprint density at radius 3 is 2.57 bits per heavy atom. The molecule has 0 aliphatic carbocycles. The van der Waals surface area contributed by atoms with E-state index in [2.05, 4.69) is 16.1 Å². The molecule has 0 saturated heterocycles. The molecule has 0 atom stereocenters. The van der Waals surface area contributed by atoms with Crippen molar-refractivity contribution in [3.8, 4) is 22.5 Å². The van der Waals surface area contributed by atoms with Gasteiger partial charge in [-0.3, -0.25) is 0 Å². The quantitative estimate of drug-likeness (QED) is 0.576. The van der Waals surface area contributed by atoms with Crippen molar-refractivity contribution in [2.24, 2.45) is 0 Å². The van der Waals surface area contributed by atoms with Crippen molar-refractivity contribution >= 4 is 0 Å². The first-order valence-corrected chi connectivity index (χ1v) is 7.19. The summed E-state index contributed by atoms with van der Waals surface area (Å²) in [5, 5.41) is 4.36. The van der Waals surface area contributed by atoms with Crippen molar-refractivity contribution in [2.75, 3.05) is 0 Å². The van der Waals surface area contributed by atoms with Crippen LogP contribution in [0, 0.1) is 5.82 Å². The van der Waals surface area contributed by atoms with Crippen LogP contribution in [0.15, 0.2) is 79.6 Å². The highest BCUT2D eigenvalue weighted by Crippen LogP contribution is 2.22. The number of hydrogen-bond donors (Lipinski definition) is 0. The average Bonchev–Trinajstić information content (AvgIpc) is 3.28. The van der Waals surface area contributed by atoms with E-state index in [1.807, 2.05) is 35.2 Å². The monoisotopic (exact) mass is 304 g/mol. The summed E-state index contributed by atoms with van der Waals surface area (Å²) in [6.45, 7) is 0. The van der Waals surface area contributed by atoms with Crippen molar-refractivity contribution in [1.82, 2.24) is 19.3 Å². The van der Waals surface area contributed by atoms with Crippen LogP contribution >= 0.6 is 0 Å². The summed E-state index contributed by atoms with van der Waals surface area (Å²) in [7, 11) is 0. The maximum atomic E-state index is 13.0. The van der Waals surface area contributed by atoms with Gasteiger partial charge in [-0.2, -0.15) is 5.10 Å². The van der Waals surface area contributed by atoms with Crippen LogP contribution in [0.1, 0.15) is 0 Å². The van der Waals surface area contributed by atoms with Gasteiger partial charge in [0.15, 0.2) is 0 Å². The van der Waals surface area contributed by atoms with Crippen LogP contribution in [0.4, 0.5) is 4.39 Å². The SMILES string of the molecule is Fc1ccc(-n2cc(-c3cccc(-n4ccnc4)c3)cn2)cc1. The molecule has 0 radical (unpaired) electrons. The summed E-state index contributed by atoms with van der Waals surface area (Å²) in [4.78, 5) is 4.07. The van der Waals surface area contributed by atoms with Crippen LogP contribution in [-0.4, -0.2) is 19.3 Å². The molecule has 0 N–H and O–H groups in total. The van der Waals surface area contributed by atoms with Crippen LogP contribution in [0.5, 0.6) is 0 Å². The fourth-order valence-corrected chi connectivity index (χ4v) is 2.46. The van der Waals surface area contributed by atoms with E-state index in [9.17, 15) is 4.39 Å². The molecule has 112 valence electrons. The third-order valence-electron chi connectivity index (χ3n) is 3.66. The Bertz CT molecular complexity index is 924. The molecule has 0 spiro atoms. The minimum absolute atomic E-state index is 0.255. The van der Waals surface area contributed by atoms with Gasteiger partial charge in [-0.1, -0.05) is 12.1 Å². The molecule has 4 aromatic rings. The van der Waals surface area contributed by atoms with Crippen molar-refractivity contribution in [2.45, 2.75) is 0 Å². The molecule has 0 saturated carbocycles. The third-order valence-corrected chi connectivity index (χ3v) is 3.66. The summed E-state index contributed by atoms with van der Waals surface area (Å²) in [5.41, 5.74) is 3.92. The Morgan fingerprint density at radius 2 is 1.78 bits per heavy atom. The van der Waals surface area contributed by atoms with Crippen molar-refractivity contribution in [3.05, 3.63) is 85.5 Å². The molecule has 0 fully saturated rings. The number of halogens is 1. The first-order chi connectivity index (χ1) is 11.3. The number of nitrogens with zero attached hydrogens (tertiary/aromatic N) is 4. The summed E-state index contributed by atoms with van der Waals surface area (Å²) in [6, 6.07) is 14.4. The molecule has 23 heavy (non-hydrogen) atoms. The van der Waals surface area contributed by atoms with E-state index in [1.165, 1.54) is 12.1 Å². The lowest BCUT2D eigenvalue weighted by Crippen LogP contribution is -1.93. The lowest BCUT2D eigenvalue weighted by Gasteiger charge is -2.04. The van der Waals surface area contributed by atoms with E-state index in [1.54, 1.807) is 35.5 Å². The fraction of sp³-hybridized carbons (Fsp3) is 0. The first-order valence-electron chi connectivity index (χ1n) is 7.19. The molecular formula is C18H13FN4. The molecule has 0 aliphatic heterocycles. The Balaban J connectivity index is 1.69. The molecule has 0 aliphatic rings. The van der Waals surface area contributed by atoms with Crippen LogP contribution in [0.3, 0.4) is 0 Å². The van der Waals surface area contributed by atoms with Crippen LogP contribution in [-0.2, 0) is 0 Å². The highest BCUT2D eigenvalue weighted by molar-refractivity contribution is 5.65. The van der Waals surface area contributed by atoms with Gasteiger partial charge >= 0.3 is 0 Å². The van der Waals surface area contributed by atoms with Gasteiger partial charge in [0.25, 0.3) is 0 Å². The predicted octanol–water partition coefficient (Wildman–Crippen LogP) is 3.86. The maximum absolute atomic E-state index is 13.0. The molecule has 5 heteroatoms. The lowest BCUT2D eigenvalue weighted by molar-refractivity contribution is 0.627. The van der Waals surface area contributed by atoms with Crippen molar-refractivity contribution in [3.63, 3.8) is 0 Å². The second kappa shape index (κ2) is 5.53. The smallest absolute Gasteiger partial charge is 0.123 e. The average molecular weight is 304 g/mol. The summed E-state index contributed by atoms with van der Waals surface area (Å²) < 4.78 is 16.7. The van der Waals surface area contributed by atoms with Gasteiger partial charge in [0.2, 0.25) is 0 Å². The van der Waals surface area contributed by atoms with E-state index >= 15 is 0 Å². The highest BCUT2D eigenvalue weighted by atomic mass is 19.1. The topological polar surface area (TPSA) is 35.6 Å². The largest absolute Gasteiger partial charge is 0.306 e. The van der Waals surface area contributed by atoms with Crippen LogP contribution < -0.4 is 0 Å². The van der Waals surface area contributed by atoms with Gasteiger partial charge in [0.05, 0.1) is 18.2 Å². The second-order valence-electron chi connectivity index (χ2n) is 5.17. The van der Waals surface area contributed by atoms with E-state index in [0.717, 1.165) is 22.5 Å². The Labute approximate surface area is 132 Å². The molecule has 2 aromatic carbocycles. The zero-order valence-corrected chi connectivity index (χ0v) is 12.2. The normalized spacial score (nSPS) is 10.8. The standard InChI is InChI=1S/C18H13FN4/c19-16-4-6-17(7-5-16)23-12-15(11-21-23)14-2-1-3-18(10-14)22-9-8-20-13-22/h1-13H. The molecule has 4 nitrogen and oxygen atoms in total. The lowest BCUT2D eigenvalue weighted by atomic mass is 10.1. The van der Waals surface area contributed by atoms with Gasteiger partial charge in [-0.05, 0) is 42.0 Å². The number of rotatable bonds is 3. The number of hydrogen-bond acceptors (Lipinski definition) is 2. The minimum Gasteiger partial charge on any atom is -0.306 e. The van der Waals surface area contributed by atoms with Crippen LogP contribution in [0.25, 0.3) is 22.5 Å². The van der Waals surface area contributed by atoms with Gasteiger partial charge in [0.1, 0.15) is 5.82 Å². The predicted molar refractivity (Wildman–Crippen MR) is 86.1 cm³/mol. The van der Waals surface area contributed by atoms with Gasteiger partial charge in [-0.15, -0.1) is 0 Å². The van der Waals surface area contributed by atoms with E-state index < -0.39 is 0 Å². The Kier molecular flexibility index (Phi) is 3.24. The zero-order chi connectivity index (χ0) is 15.6. The Morgan fingerprint density at radius 1 is 0.913 bits per heavy atom. The summed E-state index contributed by atoms with van der Waals surface area (Å²) >= 11 is 0. The van der Waals surface area contributed by atoms with Crippen molar-refractivity contribution in [1.29, 1.82) is 0 Å². The molecule has 0 unspecified atom stereocenters. The molecule has 0 amide bonds. The van der Waals surface area contributed by atoms with Gasteiger partial charge in [-0.25, -0.2) is 14.1 Å². The molecule has 0 bridgehead atoms. The summed E-state index contributed by atoms with van der Waals surface area (Å²) in [6.07, 6.45) is 9.15. The summed E-state index contributed by atoms with van der Waals surface area (Å²) in [5.74, 6) is -0.255. The van der Waals surface area contributed by atoms with Crippen molar-refractivity contribution < 1.29 is 4.39 Å². The van der Waals surface area contributed by atoms with E-state index in [0.29, 0.717) is 0 Å². The fourth-order valence-electron chi connectivity index (χ4n) is 2.46. The second-order valence-corrected chi connectivity index (χ2v) is 5.17. The first kappa shape index (κ1) is 13.5. The number of benzene rings is 2. The van der Waals surface area contributed by atoms with E-state index in [-0.39, 0.29) is 5.82 Å². The maximum Gasteiger partial charge on any atom is 0.123 e. The minimum atomic E-state index is -0.255. The zero-order valence-electron chi connectivity index (χ0n) is 12.2. The van der Waals surface area contributed by atoms with E-state index in [4.69, 9.17) is 0 Å². The number of aromatic nitrogens is 4. The van der Waals surface area contributed by atoms with Crippen LogP contribution in [0.2, 0.25) is 0 Å². The molecular weight excluding hydrogens is 291 g/mol. The van der Waals surface area contributed by atoms with Gasteiger partial charge in [0, 0.05) is 29.8 Å².